The first-order chi connectivity index (χ1) is 16.2. The zero-order chi connectivity index (χ0) is 24.5. The molecule has 1 aliphatic rings. The lowest BCUT2D eigenvalue weighted by Crippen LogP contribution is -2.35. The number of anilines is 1. The fraction of sp³-hybridized carbons (Fsp3) is 0.391. The molecule has 1 aromatic carbocycles. The van der Waals surface area contributed by atoms with E-state index >= 15 is 0 Å². The van der Waals surface area contributed by atoms with Crippen molar-refractivity contribution in [1.29, 1.82) is 0 Å². The summed E-state index contributed by atoms with van der Waals surface area (Å²) >= 11 is 0. The number of aromatic nitrogens is 5. The molecule has 0 fully saturated rings. The van der Waals surface area contributed by atoms with Gasteiger partial charge in [-0.15, -0.1) is 10.2 Å². The second-order valence-corrected chi connectivity index (χ2v) is 10.5. The van der Waals surface area contributed by atoms with Gasteiger partial charge in [0.2, 0.25) is 16.0 Å². The van der Waals surface area contributed by atoms with Crippen LogP contribution in [0, 0.1) is 12.7 Å². The second kappa shape index (κ2) is 9.59. The van der Waals surface area contributed by atoms with Crippen LogP contribution in [-0.2, 0) is 21.2 Å². The number of benzene rings is 1. The van der Waals surface area contributed by atoms with Crippen molar-refractivity contribution in [3.63, 3.8) is 0 Å². The first-order valence-corrected chi connectivity index (χ1v) is 12.6. The van der Waals surface area contributed by atoms with Crippen molar-refractivity contribution in [1.82, 2.24) is 24.7 Å². The molecule has 0 spiro atoms. The van der Waals surface area contributed by atoms with Crippen LogP contribution in [0.1, 0.15) is 56.1 Å². The van der Waals surface area contributed by atoms with E-state index in [2.05, 4.69) is 24.9 Å². The topological polar surface area (TPSA) is 112 Å². The molecule has 0 saturated heterocycles. The van der Waals surface area contributed by atoms with E-state index in [1.165, 1.54) is 17.6 Å². The van der Waals surface area contributed by atoms with E-state index in [4.69, 9.17) is 4.74 Å². The summed E-state index contributed by atoms with van der Waals surface area (Å²) < 4.78 is 51.7. The molecule has 4 rings (SSSR count). The van der Waals surface area contributed by atoms with Gasteiger partial charge in [-0.05, 0) is 45.7 Å². The minimum atomic E-state index is -4.08. The molecule has 9 nitrogen and oxygen atoms in total. The number of ether oxygens (including phenoxy) is 1. The van der Waals surface area contributed by atoms with Crippen molar-refractivity contribution in [2.24, 2.45) is 0 Å². The van der Waals surface area contributed by atoms with Gasteiger partial charge in [0.1, 0.15) is 23.0 Å². The Kier molecular flexibility index (Phi) is 6.76. The third-order valence-electron chi connectivity index (χ3n) is 5.43. The van der Waals surface area contributed by atoms with Crippen molar-refractivity contribution < 1.29 is 17.5 Å². The first-order valence-electron chi connectivity index (χ1n) is 11.0. The number of allylic oxidation sites excluding steroid dienone is 1. The molecule has 3 aromatic rings. The number of fused-ring (bicyclic) bond motifs is 3. The summed E-state index contributed by atoms with van der Waals surface area (Å²) in [7, 11) is -4.08. The van der Waals surface area contributed by atoms with E-state index in [0.717, 1.165) is 5.56 Å². The van der Waals surface area contributed by atoms with Crippen molar-refractivity contribution in [2.45, 2.75) is 58.0 Å². The van der Waals surface area contributed by atoms with Crippen molar-refractivity contribution in [2.75, 3.05) is 4.72 Å². The van der Waals surface area contributed by atoms with Crippen molar-refractivity contribution in [3.8, 4) is 5.69 Å². The minimum Gasteiger partial charge on any atom is -0.366 e. The van der Waals surface area contributed by atoms with E-state index in [0.29, 0.717) is 24.2 Å². The van der Waals surface area contributed by atoms with E-state index in [1.807, 2.05) is 32.9 Å². The number of sulfonamides is 1. The van der Waals surface area contributed by atoms with Gasteiger partial charge in [0.05, 0.1) is 11.8 Å². The van der Waals surface area contributed by atoms with E-state index in [1.54, 1.807) is 24.5 Å². The predicted molar refractivity (Wildman–Crippen MR) is 126 cm³/mol. The largest absolute Gasteiger partial charge is 0.366 e. The van der Waals surface area contributed by atoms with Gasteiger partial charge in [-0.25, -0.2) is 22.8 Å². The van der Waals surface area contributed by atoms with Crippen LogP contribution >= 0.6 is 0 Å². The van der Waals surface area contributed by atoms with Gasteiger partial charge >= 0.3 is 0 Å². The molecule has 34 heavy (non-hydrogen) atoms. The molecule has 2 aromatic heterocycles. The van der Waals surface area contributed by atoms with Gasteiger partial charge in [-0.2, -0.15) is 0 Å². The molecule has 0 aliphatic carbocycles. The van der Waals surface area contributed by atoms with Crippen LogP contribution in [-0.4, -0.2) is 44.5 Å². The quantitative estimate of drug-likeness (QED) is 0.541. The fourth-order valence-electron chi connectivity index (χ4n) is 3.71. The Morgan fingerprint density at radius 3 is 2.59 bits per heavy atom. The number of nitrogens with zero attached hydrogens (tertiary/aromatic N) is 5. The van der Waals surface area contributed by atoms with Crippen LogP contribution in [0.25, 0.3) is 11.8 Å². The maximum absolute atomic E-state index is 14.9. The number of para-hydroxylation sites is 1. The number of halogens is 1. The molecule has 0 saturated carbocycles. The highest BCUT2D eigenvalue weighted by molar-refractivity contribution is 7.93. The van der Waals surface area contributed by atoms with Crippen molar-refractivity contribution in [3.05, 3.63) is 65.3 Å². The number of aryl methyl sites for hydroxylation is 2. The SMILES string of the molecule is Cc1cnc([C@H](OC(C)C)[C@H](C)S(=O)(=O)Nc2nnc3n2-c2c(F)cccc2C=CCC3)nc1. The summed E-state index contributed by atoms with van der Waals surface area (Å²) in [6, 6.07) is 4.68. The molecule has 0 bridgehead atoms. The molecule has 180 valence electrons. The molecular weight excluding hydrogens is 459 g/mol. The summed E-state index contributed by atoms with van der Waals surface area (Å²) in [4.78, 5) is 8.56. The summed E-state index contributed by atoms with van der Waals surface area (Å²) in [6.45, 7) is 6.97. The number of nitrogens with one attached hydrogen (secondary N) is 1. The van der Waals surface area contributed by atoms with Gasteiger partial charge in [0.15, 0.2) is 5.82 Å². The van der Waals surface area contributed by atoms with E-state index in [-0.39, 0.29) is 23.6 Å². The molecule has 1 N–H and O–H groups in total. The lowest BCUT2D eigenvalue weighted by molar-refractivity contribution is 0.00152. The van der Waals surface area contributed by atoms with Crippen LogP contribution in [0.3, 0.4) is 0 Å². The van der Waals surface area contributed by atoms with E-state index in [9.17, 15) is 12.8 Å². The zero-order valence-electron chi connectivity index (χ0n) is 19.4. The third-order valence-corrected chi connectivity index (χ3v) is 7.12. The van der Waals surface area contributed by atoms with Gasteiger partial charge in [0, 0.05) is 24.4 Å². The summed E-state index contributed by atoms with van der Waals surface area (Å²) in [5.74, 6) is 0.123. The van der Waals surface area contributed by atoms with Gasteiger partial charge in [-0.1, -0.05) is 24.3 Å². The Hall–Kier alpha value is -3.18. The molecule has 11 heteroatoms. The smallest absolute Gasteiger partial charge is 0.243 e. The molecule has 1 aliphatic heterocycles. The third kappa shape index (κ3) is 4.85. The van der Waals surface area contributed by atoms with Gasteiger partial charge in [0.25, 0.3) is 0 Å². The summed E-state index contributed by atoms with van der Waals surface area (Å²) in [5.41, 5.74) is 1.64. The molecule has 0 radical (unpaired) electrons. The highest BCUT2D eigenvalue weighted by Gasteiger charge is 2.36. The number of rotatable bonds is 7. The van der Waals surface area contributed by atoms with Gasteiger partial charge in [-0.3, -0.25) is 9.29 Å². The Balaban J connectivity index is 1.73. The first kappa shape index (κ1) is 24.0. The maximum atomic E-state index is 14.9. The summed E-state index contributed by atoms with van der Waals surface area (Å²) in [5, 5.41) is 7.10. The Labute approximate surface area is 198 Å². The standard InChI is InChI=1S/C23H27FN6O3S/c1-14(2)33-21(22-25-12-15(3)13-26-22)16(4)34(31,32)29-23-28-27-19-11-6-5-8-17-9-7-10-18(24)20(17)30(19)23/h5,7-10,12-14,16,21H,6,11H2,1-4H3,(H,28,29)/t16-,21+/m0/s1. The van der Waals surface area contributed by atoms with Crippen molar-refractivity contribution >= 4 is 22.0 Å². The highest BCUT2D eigenvalue weighted by Crippen LogP contribution is 2.30. The average Bonchev–Trinajstić information content (AvgIpc) is 3.13. The Morgan fingerprint density at radius 2 is 1.88 bits per heavy atom. The predicted octanol–water partition coefficient (Wildman–Crippen LogP) is 3.76. The normalized spacial score (nSPS) is 15.2. The maximum Gasteiger partial charge on any atom is 0.243 e. The molecule has 3 heterocycles. The minimum absolute atomic E-state index is 0.0865. The Bertz CT molecular complexity index is 1300. The van der Waals surface area contributed by atoms with Crippen LogP contribution in [0.4, 0.5) is 10.3 Å². The monoisotopic (exact) mass is 486 g/mol. The summed E-state index contributed by atoms with van der Waals surface area (Å²) in [6.07, 6.45) is 6.90. The van der Waals surface area contributed by atoms with Crippen LogP contribution in [0.5, 0.6) is 0 Å². The number of hydrogen-bond acceptors (Lipinski definition) is 7. The lowest BCUT2D eigenvalue weighted by atomic mass is 10.1. The van der Waals surface area contributed by atoms with Crippen LogP contribution in [0.2, 0.25) is 0 Å². The van der Waals surface area contributed by atoms with Gasteiger partial charge < -0.3 is 4.74 Å². The fourth-order valence-corrected chi connectivity index (χ4v) is 4.80. The molecule has 2 atom stereocenters. The zero-order valence-corrected chi connectivity index (χ0v) is 20.3. The molecule has 0 amide bonds. The second-order valence-electron chi connectivity index (χ2n) is 8.47. The van der Waals surface area contributed by atoms with E-state index < -0.39 is 27.2 Å². The van der Waals surface area contributed by atoms with Crippen LogP contribution in [0.15, 0.2) is 36.7 Å². The molecule has 0 unspecified atom stereocenters. The van der Waals surface area contributed by atoms with Crippen LogP contribution < -0.4 is 4.72 Å². The lowest BCUT2D eigenvalue weighted by Gasteiger charge is -2.25. The number of hydrogen-bond donors (Lipinski definition) is 1. The highest BCUT2D eigenvalue weighted by atomic mass is 32.2. The Morgan fingerprint density at radius 1 is 1.15 bits per heavy atom. The average molecular weight is 487 g/mol. The molecular formula is C23H27FN6O3S.